The number of aromatic hydroxyl groups is 1. The second kappa shape index (κ2) is 12.2. The number of aliphatic carboxylic acids is 1. The minimum Gasteiger partial charge on any atom is -0.508 e. The molecule has 0 aromatic heterocycles. The van der Waals surface area contributed by atoms with Gasteiger partial charge >= 0.3 is 11.9 Å². The summed E-state index contributed by atoms with van der Waals surface area (Å²) in [5.74, 6) is -1.46. The van der Waals surface area contributed by atoms with Crippen LogP contribution in [0.3, 0.4) is 0 Å². The van der Waals surface area contributed by atoms with Crippen molar-refractivity contribution in [1.82, 2.24) is 0 Å². The summed E-state index contributed by atoms with van der Waals surface area (Å²) >= 11 is 5.98. The molecule has 9 nitrogen and oxygen atoms in total. The van der Waals surface area contributed by atoms with E-state index in [0.717, 1.165) is 11.6 Å². The van der Waals surface area contributed by atoms with Gasteiger partial charge in [-0.25, -0.2) is 9.59 Å². The highest BCUT2D eigenvalue weighted by Gasteiger charge is 2.52. The van der Waals surface area contributed by atoms with Crippen LogP contribution in [0, 0.1) is 0 Å². The van der Waals surface area contributed by atoms with Gasteiger partial charge in [-0.1, -0.05) is 29.8 Å². The second-order valence-electron chi connectivity index (χ2n) is 8.57. The topological polar surface area (TPSA) is 143 Å². The maximum Gasteiger partial charge on any atom is 0.336 e. The summed E-state index contributed by atoms with van der Waals surface area (Å²) in [6.07, 6.45) is -1.38. The first-order valence-electron chi connectivity index (χ1n) is 11.4. The van der Waals surface area contributed by atoms with E-state index in [4.69, 9.17) is 25.8 Å². The maximum atomic E-state index is 12.3. The van der Waals surface area contributed by atoms with Crippen LogP contribution in [-0.2, 0) is 25.5 Å². The summed E-state index contributed by atoms with van der Waals surface area (Å²) in [5, 5.41) is 40.5. The van der Waals surface area contributed by atoms with Gasteiger partial charge < -0.3 is 34.6 Å². The Hall–Kier alpha value is -3.11. The Morgan fingerprint density at radius 1 is 1.14 bits per heavy atom. The second-order valence-corrected chi connectivity index (χ2v) is 9.01. The Morgan fingerprint density at radius 3 is 2.53 bits per heavy atom. The molecule has 2 aromatic rings. The summed E-state index contributed by atoms with van der Waals surface area (Å²) < 4.78 is 16.4. The highest BCUT2D eigenvalue weighted by molar-refractivity contribution is 6.30. The lowest BCUT2D eigenvalue weighted by Gasteiger charge is -2.41. The van der Waals surface area contributed by atoms with E-state index in [1.165, 1.54) is 25.3 Å². The normalized spacial score (nSPS) is 23.9. The van der Waals surface area contributed by atoms with Gasteiger partial charge in [0.05, 0.1) is 13.2 Å². The van der Waals surface area contributed by atoms with Crippen LogP contribution in [0.15, 0.2) is 48.5 Å². The molecule has 0 amide bonds. The summed E-state index contributed by atoms with van der Waals surface area (Å²) in [4.78, 5) is 24.5. The van der Waals surface area contributed by atoms with Crippen molar-refractivity contribution in [2.75, 3.05) is 13.7 Å². The summed E-state index contributed by atoms with van der Waals surface area (Å²) in [6.45, 7) is 0.0440. The molecule has 194 valence electrons. The van der Waals surface area contributed by atoms with Crippen molar-refractivity contribution >= 4 is 29.6 Å². The van der Waals surface area contributed by atoms with Gasteiger partial charge in [-0.3, -0.25) is 0 Å². The van der Waals surface area contributed by atoms with Crippen molar-refractivity contribution in [2.45, 2.75) is 49.6 Å². The average Bonchev–Trinajstić information content (AvgIpc) is 2.85. The maximum absolute atomic E-state index is 12.3. The van der Waals surface area contributed by atoms with Gasteiger partial charge in [-0.2, -0.15) is 0 Å². The van der Waals surface area contributed by atoms with Gasteiger partial charge in [0.2, 0.25) is 0 Å². The Labute approximate surface area is 213 Å². The van der Waals surface area contributed by atoms with Crippen LogP contribution in [0.4, 0.5) is 0 Å². The van der Waals surface area contributed by atoms with Crippen LogP contribution in [0.25, 0.3) is 6.08 Å². The van der Waals surface area contributed by atoms with Crippen molar-refractivity contribution in [3.63, 3.8) is 0 Å². The lowest BCUT2D eigenvalue weighted by molar-refractivity contribution is -0.207. The molecule has 0 spiro atoms. The Kier molecular flexibility index (Phi) is 9.33. The van der Waals surface area contributed by atoms with E-state index >= 15 is 0 Å². The standard InChI is InChI=1S/C26H29ClO9/c1-34-21-13-18(27)8-7-17(21)3-2-12-35-26(25(32)33)14-20(29)24(31)22(15-26)36-23(30)11-6-16-4-9-19(28)10-5-16/h4-11,13,20,22,24,28-29,31H,2-3,12,14-15H2,1H3,(H,32,33)/b11-6+/t20-,22+,24+,26-/m0/s1. The van der Waals surface area contributed by atoms with Crippen LogP contribution in [0.5, 0.6) is 11.5 Å². The number of ether oxygens (including phenoxy) is 3. The van der Waals surface area contributed by atoms with Crippen LogP contribution in [-0.4, -0.2) is 70.0 Å². The monoisotopic (exact) mass is 520 g/mol. The number of carbonyl (C=O) groups excluding carboxylic acids is 1. The van der Waals surface area contributed by atoms with Crippen molar-refractivity contribution in [1.29, 1.82) is 0 Å². The molecule has 1 aliphatic carbocycles. The van der Waals surface area contributed by atoms with Crippen LogP contribution in [0.2, 0.25) is 5.02 Å². The fraction of sp³-hybridized carbons (Fsp3) is 0.385. The quantitative estimate of drug-likeness (QED) is 0.211. The zero-order chi connectivity index (χ0) is 26.3. The number of aliphatic hydroxyl groups is 2. The molecule has 4 N–H and O–H groups in total. The van der Waals surface area contributed by atoms with Crippen LogP contribution < -0.4 is 4.74 Å². The first-order valence-corrected chi connectivity index (χ1v) is 11.7. The predicted octanol–water partition coefficient (Wildman–Crippen LogP) is 2.97. The average molecular weight is 521 g/mol. The molecule has 2 aromatic carbocycles. The van der Waals surface area contributed by atoms with E-state index in [0.29, 0.717) is 29.2 Å². The number of aliphatic hydroxyl groups excluding tert-OH is 2. The molecule has 1 saturated carbocycles. The first-order chi connectivity index (χ1) is 17.1. The number of phenols is 1. The zero-order valence-electron chi connectivity index (χ0n) is 19.7. The Balaban J connectivity index is 1.63. The number of hydrogen-bond acceptors (Lipinski definition) is 8. The number of rotatable bonds is 10. The molecular formula is C26H29ClO9. The molecule has 0 unspecified atom stereocenters. The van der Waals surface area contributed by atoms with E-state index in [2.05, 4.69) is 0 Å². The fourth-order valence-electron chi connectivity index (χ4n) is 4.09. The molecule has 10 heteroatoms. The van der Waals surface area contributed by atoms with E-state index < -0.39 is 35.9 Å². The van der Waals surface area contributed by atoms with E-state index in [9.17, 15) is 30.0 Å². The number of hydrogen-bond donors (Lipinski definition) is 4. The van der Waals surface area contributed by atoms with Crippen molar-refractivity contribution in [2.24, 2.45) is 0 Å². The minimum absolute atomic E-state index is 0.0440. The Bertz CT molecular complexity index is 1090. The van der Waals surface area contributed by atoms with Crippen LogP contribution in [0.1, 0.15) is 30.4 Å². The molecule has 1 fully saturated rings. The molecule has 36 heavy (non-hydrogen) atoms. The SMILES string of the molecule is COc1cc(Cl)ccc1CCCO[C@@]1(C(=O)O)C[C@H](O)[C@@H](O)[C@H](OC(=O)/C=C/c2ccc(O)cc2)C1. The van der Waals surface area contributed by atoms with Crippen molar-refractivity contribution < 1.29 is 44.2 Å². The zero-order valence-corrected chi connectivity index (χ0v) is 20.4. The summed E-state index contributed by atoms with van der Waals surface area (Å²) in [6, 6.07) is 11.3. The minimum atomic E-state index is -1.84. The number of aryl methyl sites for hydroxylation is 1. The number of esters is 1. The number of halogens is 1. The van der Waals surface area contributed by atoms with Gasteiger partial charge in [-0.05, 0) is 54.3 Å². The summed E-state index contributed by atoms with van der Waals surface area (Å²) in [5.41, 5.74) is -0.343. The van der Waals surface area contributed by atoms with Crippen molar-refractivity contribution in [3.8, 4) is 11.5 Å². The third-order valence-corrected chi connectivity index (χ3v) is 6.26. The van der Waals surface area contributed by atoms with Gasteiger partial charge in [0, 0.05) is 30.5 Å². The van der Waals surface area contributed by atoms with Crippen LogP contribution >= 0.6 is 11.6 Å². The number of carbonyl (C=O) groups is 2. The molecule has 0 saturated heterocycles. The highest BCUT2D eigenvalue weighted by atomic mass is 35.5. The molecule has 0 radical (unpaired) electrons. The summed E-state index contributed by atoms with van der Waals surface area (Å²) in [7, 11) is 1.53. The number of phenolic OH excluding ortho intramolecular Hbond substituents is 1. The number of methoxy groups -OCH3 is 1. The molecule has 0 heterocycles. The Morgan fingerprint density at radius 2 is 1.86 bits per heavy atom. The molecule has 4 atom stereocenters. The predicted molar refractivity (Wildman–Crippen MR) is 131 cm³/mol. The fourth-order valence-corrected chi connectivity index (χ4v) is 4.26. The lowest BCUT2D eigenvalue weighted by Crippen LogP contribution is -2.58. The number of carboxylic acids is 1. The molecule has 0 aliphatic heterocycles. The third-order valence-electron chi connectivity index (χ3n) is 6.03. The van der Waals surface area contributed by atoms with E-state index in [1.807, 2.05) is 6.07 Å². The smallest absolute Gasteiger partial charge is 0.336 e. The van der Waals surface area contributed by atoms with E-state index in [1.54, 1.807) is 24.3 Å². The highest BCUT2D eigenvalue weighted by Crippen LogP contribution is 2.35. The molecular weight excluding hydrogens is 492 g/mol. The van der Waals surface area contributed by atoms with Crippen molar-refractivity contribution in [3.05, 3.63) is 64.7 Å². The largest absolute Gasteiger partial charge is 0.508 e. The van der Waals surface area contributed by atoms with Gasteiger partial charge in [0.15, 0.2) is 5.60 Å². The molecule has 0 bridgehead atoms. The third kappa shape index (κ3) is 6.98. The van der Waals surface area contributed by atoms with Gasteiger partial charge in [0.25, 0.3) is 0 Å². The number of carboxylic acid groups (broad SMARTS) is 1. The van der Waals surface area contributed by atoms with Gasteiger partial charge in [-0.15, -0.1) is 0 Å². The first kappa shape index (κ1) is 27.5. The molecule has 3 rings (SSSR count). The number of benzene rings is 2. The lowest BCUT2D eigenvalue weighted by atomic mass is 9.79. The molecule has 1 aliphatic rings. The van der Waals surface area contributed by atoms with E-state index in [-0.39, 0.29) is 25.2 Å². The van der Waals surface area contributed by atoms with Gasteiger partial charge in [0.1, 0.15) is 23.7 Å².